The SMILES string of the molecule is CCNC(=O)c1cccc(NC(=O)CN(CC)c2cc(C)cc(C)c2)c1. The molecular weight excluding hydrogens is 326 g/mol. The first kappa shape index (κ1) is 19.5. The summed E-state index contributed by atoms with van der Waals surface area (Å²) in [4.78, 5) is 26.4. The molecule has 0 radical (unpaired) electrons. The molecule has 0 atom stereocenters. The maximum atomic E-state index is 12.5. The van der Waals surface area contributed by atoms with Crippen molar-refractivity contribution >= 4 is 23.2 Å². The largest absolute Gasteiger partial charge is 0.362 e. The molecule has 2 amide bonds. The minimum atomic E-state index is -0.144. The summed E-state index contributed by atoms with van der Waals surface area (Å²) in [6.07, 6.45) is 0. The molecule has 5 heteroatoms. The molecule has 0 aliphatic carbocycles. The summed E-state index contributed by atoms with van der Waals surface area (Å²) in [5.74, 6) is -0.256. The third-order valence-corrected chi connectivity index (χ3v) is 4.03. The van der Waals surface area contributed by atoms with Gasteiger partial charge >= 0.3 is 0 Å². The van der Waals surface area contributed by atoms with Crippen LogP contribution in [0.25, 0.3) is 0 Å². The highest BCUT2D eigenvalue weighted by molar-refractivity contribution is 5.98. The van der Waals surface area contributed by atoms with Crippen molar-refractivity contribution in [3.05, 3.63) is 59.2 Å². The molecule has 0 heterocycles. The van der Waals surface area contributed by atoms with Gasteiger partial charge in [-0.25, -0.2) is 0 Å². The molecule has 0 aromatic heterocycles. The summed E-state index contributed by atoms with van der Waals surface area (Å²) >= 11 is 0. The number of rotatable bonds is 7. The number of benzene rings is 2. The molecule has 5 nitrogen and oxygen atoms in total. The third-order valence-electron chi connectivity index (χ3n) is 4.03. The van der Waals surface area contributed by atoms with E-state index in [1.807, 2.05) is 18.7 Å². The van der Waals surface area contributed by atoms with E-state index in [9.17, 15) is 9.59 Å². The summed E-state index contributed by atoms with van der Waals surface area (Å²) in [7, 11) is 0. The van der Waals surface area contributed by atoms with Gasteiger partial charge in [0, 0.05) is 30.0 Å². The Labute approximate surface area is 155 Å². The molecule has 2 rings (SSSR count). The van der Waals surface area contributed by atoms with Gasteiger partial charge in [0.15, 0.2) is 0 Å². The smallest absolute Gasteiger partial charge is 0.251 e. The molecule has 0 saturated heterocycles. The molecular formula is C21H27N3O2. The Hall–Kier alpha value is -2.82. The summed E-state index contributed by atoms with van der Waals surface area (Å²) in [5.41, 5.74) is 4.54. The first-order valence-corrected chi connectivity index (χ1v) is 8.94. The average Bonchev–Trinajstić information content (AvgIpc) is 2.59. The third kappa shape index (κ3) is 5.34. The number of hydrogen-bond donors (Lipinski definition) is 2. The fourth-order valence-corrected chi connectivity index (χ4v) is 2.89. The first-order valence-electron chi connectivity index (χ1n) is 8.94. The van der Waals surface area contributed by atoms with E-state index >= 15 is 0 Å². The van der Waals surface area contributed by atoms with Crippen LogP contribution in [0, 0.1) is 13.8 Å². The number of amides is 2. The number of nitrogens with zero attached hydrogens (tertiary/aromatic N) is 1. The number of hydrogen-bond acceptors (Lipinski definition) is 3. The maximum absolute atomic E-state index is 12.5. The van der Waals surface area contributed by atoms with Gasteiger partial charge in [-0.05, 0) is 69.2 Å². The highest BCUT2D eigenvalue weighted by Gasteiger charge is 2.12. The van der Waals surface area contributed by atoms with Crippen LogP contribution in [-0.4, -0.2) is 31.4 Å². The Bertz CT molecular complexity index is 766. The number of carbonyl (C=O) groups excluding carboxylic acids is 2. The van der Waals surface area contributed by atoms with Crippen molar-refractivity contribution in [2.24, 2.45) is 0 Å². The second kappa shape index (κ2) is 9.04. The molecule has 0 unspecified atom stereocenters. The zero-order chi connectivity index (χ0) is 19.1. The number of anilines is 2. The van der Waals surface area contributed by atoms with E-state index in [4.69, 9.17) is 0 Å². The van der Waals surface area contributed by atoms with Gasteiger partial charge in [-0.3, -0.25) is 9.59 Å². The molecule has 2 N–H and O–H groups in total. The van der Waals surface area contributed by atoms with E-state index in [1.54, 1.807) is 24.3 Å². The predicted molar refractivity (Wildman–Crippen MR) is 107 cm³/mol. The van der Waals surface area contributed by atoms with Crippen molar-refractivity contribution in [3.8, 4) is 0 Å². The molecule has 0 aliphatic heterocycles. The summed E-state index contributed by atoms with van der Waals surface area (Å²) in [6.45, 7) is 9.56. The summed E-state index contributed by atoms with van der Waals surface area (Å²) in [6, 6.07) is 13.3. The molecule has 26 heavy (non-hydrogen) atoms. The van der Waals surface area contributed by atoms with E-state index in [0.717, 1.165) is 12.2 Å². The van der Waals surface area contributed by atoms with Gasteiger partial charge in [0.2, 0.25) is 5.91 Å². The van der Waals surface area contributed by atoms with Crippen molar-refractivity contribution in [2.75, 3.05) is 29.9 Å². The fourth-order valence-electron chi connectivity index (χ4n) is 2.89. The van der Waals surface area contributed by atoms with E-state index in [2.05, 4.69) is 42.7 Å². The van der Waals surface area contributed by atoms with Crippen LogP contribution in [0.15, 0.2) is 42.5 Å². The normalized spacial score (nSPS) is 10.3. The van der Waals surface area contributed by atoms with Crippen LogP contribution in [-0.2, 0) is 4.79 Å². The quantitative estimate of drug-likeness (QED) is 0.801. The van der Waals surface area contributed by atoms with Crippen LogP contribution in [0.4, 0.5) is 11.4 Å². The molecule has 0 aliphatic rings. The highest BCUT2D eigenvalue weighted by atomic mass is 16.2. The second-order valence-corrected chi connectivity index (χ2v) is 6.35. The van der Waals surface area contributed by atoms with Crippen LogP contribution in [0.5, 0.6) is 0 Å². The summed E-state index contributed by atoms with van der Waals surface area (Å²) in [5, 5.41) is 5.64. The molecule has 0 saturated carbocycles. The van der Waals surface area contributed by atoms with Crippen LogP contribution in [0.1, 0.15) is 35.3 Å². The molecule has 2 aromatic rings. The Kier molecular flexibility index (Phi) is 6.78. The minimum absolute atomic E-state index is 0.112. The highest BCUT2D eigenvalue weighted by Crippen LogP contribution is 2.19. The molecule has 2 aromatic carbocycles. The fraction of sp³-hybridized carbons (Fsp3) is 0.333. The standard InChI is InChI=1S/C21H27N3O2/c1-5-22-21(26)17-8-7-9-18(13-17)23-20(25)14-24(6-2)19-11-15(3)10-16(4)12-19/h7-13H,5-6,14H2,1-4H3,(H,22,26)(H,23,25). The Balaban J connectivity index is 2.07. The number of aryl methyl sites for hydroxylation is 2. The van der Waals surface area contributed by atoms with Crippen molar-refractivity contribution in [1.82, 2.24) is 5.32 Å². The van der Waals surface area contributed by atoms with Gasteiger partial charge in [0.25, 0.3) is 5.91 Å². The van der Waals surface area contributed by atoms with Gasteiger partial charge in [0.05, 0.1) is 6.54 Å². The van der Waals surface area contributed by atoms with Gasteiger partial charge in [-0.15, -0.1) is 0 Å². The van der Waals surface area contributed by atoms with Gasteiger partial charge in [0.1, 0.15) is 0 Å². The van der Waals surface area contributed by atoms with E-state index in [0.29, 0.717) is 17.8 Å². The number of likely N-dealkylation sites (N-methyl/N-ethyl adjacent to an activating group) is 1. The van der Waals surface area contributed by atoms with Crippen LogP contribution >= 0.6 is 0 Å². The topological polar surface area (TPSA) is 61.4 Å². The predicted octanol–water partition coefficient (Wildman–Crippen LogP) is 3.52. The lowest BCUT2D eigenvalue weighted by molar-refractivity contribution is -0.115. The van der Waals surface area contributed by atoms with Crippen LogP contribution in [0.2, 0.25) is 0 Å². The van der Waals surface area contributed by atoms with Gasteiger partial charge < -0.3 is 15.5 Å². The zero-order valence-electron chi connectivity index (χ0n) is 15.9. The zero-order valence-corrected chi connectivity index (χ0v) is 15.9. The van der Waals surface area contributed by atoms with E-state index in [-0.39, 0.29) is 18.4 Å². The van der Waals surface area contributed by atoms with Crippen LogP contribution < -0.4 is 15.5 Å². The number of nitrogens with one attached hydrogen (secondary N) is 2. The average molecular weight is 353 g/mol. The van der Waals surface area contributed by atoms with E-state index < -0.39 is 0 Å². The molecule has 138 valence electrons. The lowest BCUT2D eigenvalue weighted by Crippen LogP contribution is -2.33. The van der Waals surface area contributed by atoms with Crippen molar-refractivity contribution in [3.63, 3.8) is 0 Å². The molecule has 0 spiro atoms. The van der Waals surface area contributed by atoms with Crippen molar-refractivity contribution < 1.29 is 9.59 Å². The van der Waals surface area contributed by atoms with Crippen molar-refractivity contribution in [2.45, 2.75) is 27.7 Å². The second-order valence-electron chi connectivity index (χ2n) is 6.35. The minimum Gasteiger partial charge on any atom is -0.362 e. The van der Waals surface area contributed by atoms with Crippen molar-refractivity contribution in [1.29, 1.82) is 0 Å². The summed E-state index contributed by atoms with van der Waals surface area (Å²) < 4.78 is 0. The lowest BCUT2D eigenvalue weighted by atomic mass is 10.1. The Morgan fingerprint density at radius 2 is 1.69 bits per heavy atom. The molecule has 0 fully saturated rings. The van der Waals surface area contributed by atoms with Gasteiger partial charge in [-0.1, -0.05) is 12.1 Å². The van der Waals surface area contributed by atoms with Gasteiger partial charge in [-0.2, -0.15) is 0 Å². The lowest BCUT2D eigenvalue weighted by Gasteiger charge is -2.23. The monoisotopic (exact) mass is 353 g/mol. The van der Waals surface area contributed by atoms with E-state index in [1.165, 1.54) is 11.1 Å². The Morgan fingerprint density at radius 1 is 1.00 bits per heavy atom. The molecule has 0 bridgehead atoms. The number of carbonyl (C=O) groups is 2. The Morgan fingerprint density at radius 3 is 2.31 bits per heavy atom. The first-order chi connectivity index (χ1) is 12.4. The van der Waals surface area contributed by atoms with Crippen LogP contribution in [0.3, 0.4) is 0 Å². The maximum Gasteiger partial charge on any atom is 0.251 e.